The van der Waals surface area contributed by atoms with Crippen LogP contribution in [0.1, 0.15) is 36.3 Å². The van der Waals surface area contributed by atoms with Gasteiger partial charge in [0.1, 0.15) is 5.82 Å². The van der Waals surface area contributed by atoms with Crippen LogP contribution in [0.25, 0.3) is 0 Å². The van der Waals surface area contributed by atoms with E-state index in [2.05, 4.69) is 36.8 Å². The summed E-state index contributed by atoms with van der Waals surface area (Å²) in [6.45, 7) is 8.43. The molecule has 0 atom stereocenters. The fourth-order valence-electron chi connectivity index (χ4n) is 2.62. The summed E-state index contributed by atoms with van der Waals surface area (Å²) in [5.74, 6) is 3.42. The Bertz CT molecular complexity index is 631. The summed E-state index contributed by atoms with van der Waals surface area (Å²) in [5, 5.41) is 17.0. The number of nitrogens with one attached hydrogen (secondary N) is 1. The van der Waals surface area contributed by atoms with E-state index in [0.717, 1.165) is 43.5 Å². The zero-order chi connectivity index (χ0) is 15.4. The molecule has 0 radical (unpaired) electrons. The fourth-order valence-corrected chi connectivity index (χ4v) is 3.42. The Balaban J connectivity index is 1.75. The molecule has 0 spiro atoms. The SMILES string of the molecule is C=CCn1c(SCc2noc(C)n2)nnc1C1CCNCC1. The summed E-state index contributed by atoms with van der Waals surface area (Å²) >= 11 is 1.58. The van der Waals surface area contributed by atoms with Gasteiger partial charge in [-0.15, -0.1) is 16.8 Å². The second-order valence-corrected chi connectivity index (χ2v) is 6.23. The number of aromatic nitrogens is 5. The maximum absolute atomic E-state index is 4.99. The molecule has 0 unspecified atom stereocenters. The number of rotatable bonds is 6. The summed E-state index contributed by atoms with van der Waals surface area (Å²) in [6.07, 6.45) is 4.09. The number of thioether (sulfide) groups is 1. The van der Waals surface area contributed by atoms with Gasteiger partial charge in [-0.1, -0.05) is 23.0 Å². The topological polar surface area (TPSA) is 81.7 Å². The third-order valence-corrected chi connectivity index (χ3v) is 4.62. The summed E-state index contributed by atoms with van der Waals surface area (Å²) in [4.78, 5) is 4.21. The Labute approximate surface area is 133 Å². The van der Waals surface area contributed by atoms with Crippen molar-refractivity contribution in [3.63, 3.8) is 0 Å². The van der Waals surface area contributed by atoms with Gasteiger partial charge in [0.2, 0.25) is 5.89 Å². The lowest BCUT2D eigenvalue weighted by molar-refractivity contribution is 0.389. The normalized spacial score (nSPS) is 16.0. The zero-order valence-corrected chi connectivity index (χ0v) is 13.5. The molecule has 8 heteroatoms. The molecule has 1 saturated heterocycles. The number of nitrogens with zero attached hydrogens (tertiary/aromatic N) is 5. The molecule has 0 aromatic carbocycles. The number of aryl methyl sites for hydroxylation is 1. The van der Waals surface area contributed by atoms with Crippen LogP contribution in [-0.2, 0) is 12.3 Å². The minimum absolute atomic E-state index is 0.468. The molecule has 3 rings (SSSR count). The van der Waals surface area contributed by atoms with Crippen LogP contribution >= 0.6 is 11.8 Å². The van der Waals surface area contributed by atoms with Gasteiger partial charge < -0.3 is 14.4 Å². The molecule has 1 aliphatic heterocycles. The minimum atomic E-state index is 0.468. The first-order chi connectivity index (χ1) is 10.8. The highest BCUT2D eigenvalue weighted by atomic mass is 32.2. The summed E-state index contributed by atoms with van der Waals surface area (Å²) in [7, 11) is 0. The second-order valence-electron chi connectivity index (χ2n) is 5.28. The molecular formula is C14H20N6OS. The van der Waals surface area contributed by atoms with Crippen molar-refractivity contribution >= 4 is 11.8 Å². The van der Waals surface area contributed by atoms with E-state index in [1.165, 1.54) is 0 Å². The molecule has 0 amide bonds. The molecule has 7 nitrogen and oxygen atoms in total. The van der Waals surface area contributed by atoms with Crippen LogP contribution in [0.3, 0.4) is 0 Å². The van der Waals surface area contributed by atoms with Crippen LogP contribution in [0.2, 0.25) is 0 Å². The summed E-state index contributed by atoms with van der Waals surface area (Å²) in [6, 6.07) is 0. The van der Waals surface area contributed by atoms with Crippen molar-refractivity contribution in [1.82, 2.24) is 30.2 Å². The predicted octanol–water partition coefficient (Wildman–Crippen LogP) is 1.91. The van der Waals surface area contributed by atoms with Crippen molar-refractivity contribution in [1.29, 1.82) is 0 Å². The molecule has 22 heavy (non-hydrogen) atoms. The van der Waals surface area contributed by atoms with E-state index < -0.39 is 0 Å². The van der Waals surface area contributed by atoms with Gasteiger partial charge in [0.15, 0.2) is 11.0 Å². The van der Waals surface area contributed by atoms with Crippen molar-refractivity contribution in [3.05, 3.63) is 30.2 Å². The van der Waals surface area contributed by atoms with Crippen molar-refractivity contribution in [3.8, 4) is 0 Å². The van der Waals surface area contributed by atoms with Gasteiger partial charge in [0, 0.05) is 19.4 Å². The molecule has 0 aliphatic carbocycles. The molecule has 0 bridgehead atoms. The molecule has 1 N–H and O–H groups in total. The van der Waals surface area contributed by atoms with E-state index in [0.29, 0.717) is 23.4 Å². The Morgan fingerprint density at radius 3 is 2.91 bits per heavy atom. The molecular weight excluding hydrogens is 300 g/mol. The molecule has 118 valence electrons. The van der Waals surface area contributed by atoms with Gasteiger partial charge in [-0.05, 0) is 25.9 Å². The maximum atomic E-state index is 4.99. The van der Waals surface area contributed by atoms with Crippen LogP contribution in [0, 0.1) is 6.92 Å². The molecule has 1 fully saturated rings. The predicted molar refractivity (Wildman–Crippen MR) is 83.7 cm³/mol. The minimum Gasteiger partial charge on any atom is -0.340 e. The van der Waals surface area contributed by atoms with Crippen molar-refractivity contribution in [2.24, 2.45) is 0 Å². The molecule has 3 heterocycles. The van der Waals surface area contributed by atoms with Crippen molar-refractivity contribution in [2.75, 3.05) is 13.1 Å². The zero-order valence-electron chi connectivity index (χ0n) is 12.7. The summed E-state index contributed by atoms with van der Waals surface area (Å²) < 4.78 is 7.14. The highest BCUT2D eigenvalue weighted by molar-refractivity contribution is 7.98. The fraction of sp³-hybridized carbons (Fsp3) is 0.571. The van der Waals surface area contributed by atoms with Crippen LogP contribution in [0.15, 0.2) is 22.3 Å². The van der Waals surface area contributed by atoms with Crippen molar-refractivity contribution in [2.45, 2.75) is 43.1 Å². The average molecular weight is 320 g/mol. The Morgan fingerprint density at radius 1 is 1.41 bits per heavy atom. The first-order valence-electron chi connectivity index (χ1n) is 7.44. The van der Waals surface area contributed by atoms with Crippen LogP contribution in [-0.4, -0.2) is 38.0 Å². The smallest absolute Gasteiger partial charge is 0.223 e. The highest BCUT2D eigenvalue weighted by Crippen LogP contribution is 2.28. The number of hydrogen-bond acceptors (Lipinski definition) is 7. The van der Waals surface area contributed by atoms with E-state index >= 15 is 0 Å². The Morgan fingerprint density at radius 2 is 2.23 bits per heavy atom. The third kappa shape index (κ3) is 3.38. The van der Waals surface area contributed by atoms with Crippen LogP contribution < -0.4 is 5.32 Å². The first kappa shape index (κ1) is 15.2. The Kier molecular flexibility index (Phi) is 4.89. The van der Waals surface area contributed by atoms with Gasteiger partial charge in [-0.2, -0.15) is 4.98 Å². The van der Waals surface area contributed by atoms with E-state index in [9.17, 15) is 0 Å². The quantitative estimate of drug-likeness (QED) is 0.643. The third-order valence-electron chi connectivity index (χ3n) is 3.66. The van der Waals surface area contributed by atoms with Gasteiger partial charge in [0.05, 0.1) is 5.75 Å². The largest absolute Gasteiger partial charge is 0.340 e. The standard InChI is InChI=1S/C14H20N6OS/c1-3-8-20-13(11-4-6-15-7-5-11)17-18-14(20)22-9-12-16-10(2)21-19-12/h3,11,15H,1,4-9H2,2H3. The second kappa shape index (κ2) is 7.06. The van der Waals surface area contributed by atoms with E-state index in [4.69, 9.17) is 4.52 Å². The number of hydrogen-bond donors (Lipinski definition) is 1. The van der Waals surface area contributed by atoms with Crippen molar-refractivity contribution < 1.29 is 4.52 Å². The lowest BCUT2D eigenvalue weighted by Gasteiger charge is -2.22. The Hall–Kier alpha value is -1.67. The monoisotopic (exact) mass is 320 g/mol. The van der Waals surface area contributed by atoms with Crippen LogP contribution in [0.4, 0.5) is 0 Å². The van der Waals surface area contributed by atoms with Crippen LogP contribution in [0.5, 0.6) is 0 Å². The van der Waals surface area contributed by atoms with E-state index in [1.54, 1.807) is 18.7 Å². The average Bonchev–Trinajstić information content (AvgIpc) is 3.13. The first-order valence-corrected chi connectivity index (χ1v) is 8.43. The van der Waals surface area contributed by atoms with Gasteiger partial charge in [-0.3, -0.25) is 0 Å². The summed E-state index contributed by atoms with van der Waals surface area (Å²) in [5.41, 5.74) is 0. The van der Waals surface area contributed by atoms with Gasteiger partial charge >= 0.3 is 0 Å². The molecule has 0 saturated carbocycles. The number of piperidine rings is 1. The lowest BCUT2D eigenvalue weighted by Crippen LogP contribution is -2.28. The molecule has 2 aromatic rings. The highest BCUT2D eigenvalue weighted by Gasteiger charge is 2.23. The number of allylic oxidation sites excluding steroid dienone is 1. The van der Waals surface area contributed by atoms with E-state index in [-0.39, 0.29) is 0 Å². The van der Waals surface area contributed by atoms with Gasteiger partial charge in [-0.25, -0.2) is 0 Å². The molecule has 2 aromatic heterocycles. The van der Waals surface area contributed by atoms with E-state index in [1.807, 2.05) is 6.08 Å². The maximum Gasteiger partial charge on any atom is 0.223 e. The lowest BCUT2D eigenvalue weighted by atomic mass is 9.97. The molecule has 1 aliphatic rings. The van der Waals surface area contributed by atoms with Gasteiger partial charge in [0.25, 0.3) is 0 Å².